The molecule has 0 aromatic heterocycles. The van der Waals surface area contributed by atoms with Crippen LogP contribution in [0.15, 0.2) is 106 Å². The molecule has 0 aliphatic heterocycles. The van der Waals surface area contributed by atoms with E-state index in [1.165, 1.54) is 50.6 Å². The number of nitrogens with one attached hydrogen (secondary N) is 1. The van der Waals surface area contributed by atoms with Crippen molar-refractivity contribution in [2.24, 2.45) is 20.4 Å². The van der Waals surface area contributed by atoms with Crippen LogP contribution in [0.1, 0.15) is 31.8 Å². The van der Waals surface area contributed by atoms with Crippen LogP contribution in [0.4, 0.5) is 11.4 Å². The number of anilines is 2. The van der Waals surface area contributed by atoms with Crippen molar-refractivity contribution in [1.82, 2.24) is 0 Å². The average molecular weight is 951 g/mol. The predicted molar refractivity (Wildman–Crippen MR) is 218 cm³/mol. The van der Waals surface area contributed by atoms with Crippen LogP contribution < -0.4 is 15.3 Å². The highest BCUT2D eigenvalue weighted by molar-refractivity contribution is 7.91. The molecule has 330 valence electrons. The van der Waals surface area contributed by atoms with Gasteiger partial charge in [0.1, 0.15) is 38.5 Å². The molecule has 8 N–H and O–H groups in total. The van der Waals surface area contributed by atoms with Gasteiger partial charge in [0, 0.05) is 24.3 Å². The highest BCUT2D eigenvalue weighted by Crippen LogP contribution is 2.36. The van der Waals surface area contributed by atoms with Gasteiger partial charge in [0.2, 0.25) is 11.6 Å². The first-order valence-corrected chi connectivity index (χ1v) is 22.4. The number of hydrazone groups is 2. The van der Waals surface area contributed by atoms with Gasteiger partial charge in [-0.25, -0.2) is 0 Å². The van der Waals surface area contributed by atoms with Crippen LogP contribution in [0.3, 0.4) is 0 Å². The third kappa shape index (κ3) is 9.30. The van der Waals surface area contributed by atoms with Crippen molar-refractivity contribution < 1.29 is 86.4 Å². The van der Waals surface area contributed by atoms with E-state index >= 15 is 0 Å². The molecule has 0 radical (unpaired) electrons. The van der Waals surface area contributed by atoms with Gasteiger partial charge in [-0.05, 0) is 59.7 Å². The SMILES string of the molecule is COC1=CC(=N\N(O)c2ccc(N/N=C3\C(=O)c4c(O)cc(S(=O)(=O)O)cc4C=C3S(=O)(=O)O)c(OC)c2)/C=CC/1=N\N=C1\C(=O)c2c(O)cc(S(=O)(=O)O)cc2C=C1S(=O)(=O)O. The van der Waals surface area contributed by atoms with Gasteiger partial charge in [0.15, 0.2) is 11.4 Å². The number of fused-ring (bicyclic) bond motifs is 2. The third-order valence-electron chi connectivity index (χ3n) is 8.65. The van der Waals surface area contributed by atoms with Gasteiger partial charge < -0.3 is 19.7 Å². The fourth-order valence-corrected chi connectivity index (χ4v) is 8.22. The number of ether oxygens (including phenoxy) is 2. The zero-order chi connectivity index (χ0) is 46.6. The highest BCUT2D eigenvalue weighted by atomic mass is 32.2. The predicted octanol–water partition coefficient (Wildman–Crippen LogP) is 2.07. The lowest BCUT2D eigenvalue weighted by Gasteiger charge is -2.19. The summed E-state index contributed by atoms with van der Waals surface area (Å²) in [6, 6.07) is 6.08. The molecule has 0 amide bonds. The molecule has 3 aliphatic rings. The Morgan fingerprint density at radius 2 is 1.16 bits per heavy atom. The van der Waals surface area contributed by atoms with E-state index in [-0.39, 0.29) is 34.3 Å². The summed E-state index contributed by atoms with van der Waals surface area (Å²) >= 11 is 0. The van der Waals surface area contributed by atoms with Gasteiger partial charge in [0.25, 0.3) is 40.5 Å². The van der Waals surface area contributed by atoms with Crippen LogP contribution >= 0.6 is 0 Å². The Hall–Kier alpha value is -6.96. The van der Waals surface area contributed by atoms with Gasteiger partial charge in [-0.2, -0.15) is 38.8 Å². The van der Waals surface area contributed by atoms with E-state index in [2.05, 4.69) is 25.8 Å². The summed E-state index contributed by atoms with van der Waals surface area (Å²) in [6.45, 7) is 0. The summed E-state index contributed by atoms with van der Waals surface area (Å²) in [6.07, 6.45) is 4.92. The van der Waals surface area contributed by atoms with Crippen molar-refractivity contribution in [3.8, 4) is 17.2 Å². The number of Topliss-reactive ketones (excluding diaryl/α,β-unsaturated/α-hetero) is 2. The molecule has 0 saturated carbocycles. The molecule has 0 saturated heterocycles. The second-order valence-electron chi connectivity index (χ2n) is 12.6. The van der Waals surface area contributed by atoms with Crippen molar-refractivity contribution in [1.29, 1.82) is 0 Å². The second-order valence-corrected chi connectivity index (χ2v) is 18.3. The average Bonchev–Trinajstić information content (AvgIpc) is 3.18. The Balaban J connectivity index is 1.27. The zero-order valence-corrected chi connectivity index (χ0v) is 34.6. The summed E-state index contributed by atoms with van der Waals surface area (Å²) in [5.74, 6) is -4.76. The van der Waals surface area contributed by atoms with Gasteiger partial charge >= 0.3 is 0 Å². The number of nitrogens with zero attached hydrogens (tertiary/aromatic N) is 5. The fraction of sp³-hybridized carbons (Fsp3) is 0.0588. The number of aromatic hydroxyl groups is 2. The second kappa shape index (κ2) is 16.4. The first-order chi connectivity index (χ1) is 29.2. The molecule has 3 aromatic rings. The first-order valence-electron chi connectivity index (χ1n) is 16.6. The lowest BCUT2D eigenvalue weighted by Crippen LogP contribution is -2.27. The van der Waals surface area contributed by atoms with Crippen LogP contribution in [0, 0.1) is 0 Å². The minimum absolute atomic E-state index is 0.0261. The molecule has 0 fully saturated rings. The minimum Gasteiger partial charge on any atom is -0.507 e. The number of ketones is 2. The smallest absolute Gasteiger partial charge is 0.296 e. The van der Waals surface area contributed by atoms with E-state index in [0.717, 1.165) is 0 Å². The standard InChI is InChI=1S/C34H26N6O19S4/c1-58-25-11-17(3-5-21(25)35-37-31-27(62(52,53)54)9-15-7-19(60(46,47)48)13-23(41)29(15)33(31)43)39-40(45)18-4-6-22(26(12-18)59-2)36-38-32-28(63(55,56)57)10-16-8-20(61(49,50)51)14-24(42)30(16)34(32)44/h3-14,36,41-42,45H,1-2H3,(H,46,47,48)(H,49,50,51)(H,52,53,54)(H,55,56,57)/b35-21+,37-31+,38-32-,39-17-. The van der Waals surface area contributed by atoms with Gasteiger partial charge in [0.05, 0.1) is 52.2 Å². The summed E-state index contributed by atoms with van der Waals surface area (Å²) in [7, 11) is -18.0. The number of carbonyl (C=O) groups excluding carboxylic acids is 2. The Morgan fingerprint density at radius 1 is 0.635 bits per heavy atom. The number of carbonyl (C=O) groups is 2. The lowest BCUT2D eigenvalue weighted by atomic mass is 9.94. The maximum absolute atomic E-state index is 13.3. The van der Waals surface area contributed by atoms with E-state index in [0.29, 0.717) is 41.6 Å². The van der Waals surface area contributed by atoms with E-state index in [9.17, 15) is 76.9 Å². The largest absolute Gasteiger partial charge is 0.507 e. The van der Waals surface area contributed by atoms with Crippen LogP contribution in [0.2, 0.25) is 0 Å². The molecule has 6 rings (SSSR count). The monoisotopic (exact) mass is 950 g/mol. The van der Waals surface area contributed by atoms with Crippen molar-refractivity contribution in [3.63, 3.8) is 0 Å². The number of benzene rings is 3. The highest BCUT2D eigenvalue weighted by Gasteiger charge is 2.37. The molecule has 0 bridgehead atoms. The van der Waals surface area contributed by atoms with E-state index in [1.54, 1.807) is 0 Å². The number of phenolic OH excluding ortho intramolecular Hbond substituents is 2. The Morgan fingerprint density at radius 3 is 1.65 bits per heavy atom. The molecule has 0 spiro atoms. The summed E-state index contributed by atoms with van der Waals surface area (Å²) < 4.78 is 144. The zero-order valence-electron chi connectivity index (χ0n) is 31.3. The molecule has 25 nitrogen and oxygen atoms in total. The number of methoxy groups -OCH3 is 2. The topological polar surface area (TPSA) is 395 Å². The van der Waals surface area contributed by atoms with Gasteiger partial charge in [-0.3, -0.25) is 38.4 Å². The third-order valence-corrected chi connectivity index (χ3v) is 12.1. The van der Waals surface area contributed by atoms with Crippen LogP contribution in [0.25, 0.3) is 12.2 Å². The molecular weight excluding hydrogens is 925 g/mol. The Labute approximate surface area is 354 Å². The molecule has 3 aromatic carbocycles. The minimum atomic E-state index is -5.24. The first kappa shape index (κ1) is 45.6. The Bertz CT molecular complexity index is 3290. The number of hydrogen-bond acceptors (Lipinski definition) is 21. The molecule has 0 heterocycles. The number of rotatable bonds is 11. The molecule has 0 atom stereocenters. The summed E-state index contributed by atoms with van der Waals surface area (Å²) in [5, 5.41) is 47.3. The van der Waals surface area contributed by atoms with Gasteiger partial charge in [-0.1, -0.05) is 0 Å². The fourth-order valence-electron chi connectivity index (χ4n) is 5.83. The number of hydrogen-bond donors (Lipinski definition) is 8. The summed E-state index contributed by atoms with van der Waals surface area (Å²) in [5.41, 5.74) is -2.15. The number of phenols is 2. The molecule has 3 aliphatic carbocycles. The summed E-state index contributed by atoms with van der Waals surface area (Å²) in [4.78, 5) is 22.6. The van der Waals surface area contributed by atoms with Gasteiger partial charge in [-0.15, -0.1) is 20.5 Å². The van der Waals surface area contributed by atoms with Crippen LogP contribution in [-0.2, 0) is 45.2 Å². The normalized spacial score (nSPS) is 18.2. The quantitative estimate of drug-likeness (QED) is 0.0774. The molecule has 0 unspecified atom stereocenters. The van der Waals surface area contributed by atoms with E-state index in [1.807, 2.05) is 0 Å². The van der Waals surface area contributed by atoms with Crippen molar-refractivity contribution in [2.75, 3.05) is 24.8 Å². The molecule has 29 heteroatoms. The van der Waals surface area contributed by atoms with Crippen molar-refractivity contribution >= 4 is 98.4 Å². The van der Waals surface area contributed by atoms with Crippen LogP contribution in [0.5, 0.6) is 17.2 Å². The van der Waals surface area contributed by atoms with Crippen molar-refractivity contribution in [2.45, 2.75) is 9.79 Å². The maximum Gasteiger partial charge on any atom is 0.296 e. The van der Waals surface area contributed by atoms with E-state index < -0.39 is 117 Å². The molecular formula is C34H26N6O19S4. The number of allylic oxidation sites excluding steroid dienone is 5. The lowest BCUT2D eigenvalue weighted by molar-refractivity contribution is 0.105. The Kier molecular flexibility index (Phi) is 11.9. The van der Waals surface area contributed by atoms with Crippen LogP contribution in [-0.4, -0.2) is 116 Å². The molecule has 63 heavy (non-hydrogen) atoms. The van der Waals surface area contributed by atoms with Crippen molar-refractivity contribution in [3.05, 3.63) is 98.5 Å². The maximum atomic E-state index is 13.3. The van der Waals surface area contributed by atoms with E-state index in [4.69, 9.17) is 9.47 Å².